The van der Waals surface area contributed by atoms with Gasteiger partial charge in [0.25, 0.3) is 0 Å². The molecule has 0 aliphatic heterocycles. The monoisotopic (exact) mass is 274 g/mol. The van der Waals surface area contributed by atoms with E-state index in [1.54, 1.807) is 6.07 Å². The molecule has 0 atom stereocenters. The molecule has 0 spiro atoms. The van der Waals surface area contributed by atoms with Gasteiger partial charge in [-0.1, -0.05) is 29.3 Å². The summed E-state index contributed by atoms with van der Waals surface area (Å²) in [7, 11) is 0. The summed E-state index contributed by atoms with van der Waals surface area (Å²) in [6.07, 6.45) is 2.21. The molecule has 0 heterocycles. The van der Waals surface area contributed by atoms with Crippen LogP contribution in [-0.2, 0) is 11.3 Å². The van der Waals surface area contributed by atoms with Crippen LogP contribution in [0.15, 0.2) is 18.2 Å². The molecule has 0 aromatic heterocycles. The van der Waals surface area contributed by atoms with Crippen LogP contribution in [0, 0.1) is 0 Å². The van der Waals surface area contributed by atoms with Crippen LogP contribution in [-0.4, -0.2) is 12.5 Å². The van der Waals surface area contributed by atoms with Crippen molar-refractivity contribution in [1.82, 2.24) is 5.32 Å². The highest BCUT2D eigenvalue weighted by atomic mass is 35.5. The molecular weight excluding hydrogens is 259 g/mol. The smallest absolute Gasteiger partial charge is 0.217 e. The first-order valence-corrected chi connectivity index (χ1v) is 6.28. The average molecular weight is 275 g/mol. The van der Waals surface area contributed by atoms with Gasteiger partial charge in [-0.3, -0.25) is 4.79 Å². The number of unbranched alkanes of at least 4 members (excludes halogenated alkanes) is 1. The van der Waals surface area contributed by atoms with E-state index >= 15 is 0 Å². The number of rotatable bonds is 7. The van der Waals surface area contributed by atoms with Crippen molar-refractivity contribution in [2.45, 2.75) is 25.8 Å². The first-order chi connectivity index (χ1) is 8.09. The zero-order valence-corrected chi connectivity index (χ0v) is 11.0. The van der Waals surface area contributed by atoms with Gasteiger partial charge < -0.3 is 11.1 Å². The van der Waals surface area contributed by atoms with E-state index in [1.165, 1.54) is 0 Å². The second kappa shape index (κ2) is 7.54. The standard InChI is InChI=1S/C12H16Cl2N2O/c13-10-5-4-9(7-11(10)14)8-16-6-2-1-3-12(15)17/h4-5,7,16H,1-3,6,8H2,(H2,15,17). The van der Waals surface area contributed by atoms with E-state index in [9.17, 15) is 4.79 Å². The lowest BCUT2D eigenvalue weighted by Crippen LogP contribution is -2.16. The third kappa shape index (κ3) is 5.91. The van der Waals surface area contributed by atoms with Gasteiger partial charge >= 0.3 is 0 Å². The van der Waals surface area contributed by atoms with E-state index in [0.717, 1.165) is 31.5 Å². The maximum Gasteiger partial charge on any atom is 0.217 e. The van der Waals surface area contributed by atoms with Gasteiger partial charge in [0.1, 0.15) is 0 Å². The lowest BCUT2D eigenvalue weighted by atomic mass is 10.2. The third-order valence-electron chi connectivity index (χ3n) is 2.34. The fourth-order valence-electron chi connectivity index (χ4n) is 1.43. The fraction of sp³-hybridized carbons (Fsp3) is 0.417. The second-order valence-electron chi connectivity index (χ2n) is 3.85. The molecule has 3 nitrogen and oxygen atoms in total. The first kappa shape index (κ1) is 14.3. The van der Waals surface area contributed by atoms with Crippen molar-refractivity contribution in [3.63, 3.8) is 0 Å². The zero-order valence-electron chi connectivity index (χ0n) is 9.51. The molecule has 0 bridgehead atoms. The highest BCUT2D eigenvalue weighted by Crippen LogP contribution is 2.22. The van der Waals surface area contributed by atoms with Crippen molar-refractivity contribution in [1.29, 1.82) is 0 Å². The van der Waals surface area contributed by atoms with Crippen LogP contribution >= 0.6 is 23.2 Å². The predicted octanol–water partition coefficient (Wildman–Crippen LogP) is 2.74. The lowest BCUT2D eigenvalue weighted by molar-refractivity contribution is -0.118. The van der Waals surface area contributed by atoms with Crippen LogP contribution in [0.1, 0.15) is 24.8 Å². The number of hydrogen-bond acceptors (Lipinski definition) is 2. The molecule has 0 saturated heterocycles. The molecule has 0 radical (unpaired) electrons. The predicted molar refractivity (Wildman–Crippen MR) is 71.2 cm³/mol. The molecule has 0 saturated carbocycles. The highest BCUT2D eigenvalue weighted by Gasteiger charge is 1.99. The Hall–Kier alpha value is -0.770. The van der Waals surface area contributed by atoms with Gasteiger partial charge in [0, 0.05) is 13.0 Å². The Morgan fingerprint density at radius 1 is 1.24 bits per heavy atom. The maximum atomic E-state index is 10.5. The summed E-state index contributed by atoms with van der Waals surface area (Å²) in [6.45, 7) is 1.60. The third-order valence-corrected chi connectivity index (χ3v) is 3.08. The Kier molecular flexibility index (Phi) is 6.34. The van der Waals surface area contributed by atoms with Gasteiger partial charge in [-0.2, -0.15) is 0 Å². The molecular formula is C12H16Cl2N2O. The van der Waals surface area contributed by atoms with Crippen molar-refractivity contribution in [3.05, 3.63) is 33.8 Å². The summed E-state index contributed by atoms with van der Waals surface area (Å²) in [5.41, 5.74) is 6.13. The van der Waals surface area contributed by atoms with Crippen molar-refractivity contribution >= 4 is 29.1 Å². The molecule has 1 rings (SSSR count). The van der Waals surface area contributed by atoms with Gasteiger partial charge in [-0.15, -0.1) is 0 Å². The second-order valence-corrected chi connectivity index (χ2v) is 4.66. The Bertz CT molecular complexity index is 383. The van der Waals surface area contributed by atoms with Gasteiger partial charge in [0.05, 0.1) is 10.0 Å². The molecule has 1 aromatic carbocycles. The van der Waals surface area contributed by atoms with Crippen molar-refractivity contribution < 1.29 is 4.79 Å². The number of carbonyl (C=O) groups excluding carboxylic acids is 1. The summed E-state index contributed by atoms with van der Waals surface area (Å²) in [5.74, 6) is -0.241. The number of carbonyl (C=O) groups is 1. The minimum atomic E-state index is -0.241. The maximum absolute atomic E-state index is 10.5. The average Bonchev–Trinajstić information content (AvgIpc) is 2.27. The van der Waals surface area contributed by atoms with Crippen LogP contribution in [0.4, 0.5) is 0 Å². The largest absolute Gasteiger partial charge is 0.370 e. The molecule has 1 aromatic rings. The van der Waals surface area contributed by atoms with Crippen molar-refractivity contribution in [3.8, 4) is 0 Å². The number of primary amides is 1. The fourth-order valence-corrected chi connectivity index (χ4v) is 1.75. The molecule has 94 valence electrons. The van der Waals surface area contributed by atoms with E-state index in [-0.39, 0.29) is 5.91 Å². The van der Waals surface area contributed by atoms with Crippen LogP contribution < -0.4 is 11.1 Å². The van der Waals surface area contributed by atoms with E-state index in [4.69, 9.17) is 28.9 Å². The topological polar surface area (TPSA) is 55.1 Å². The Morgan fingerprint density at radius 2 is 2.00 bits per heavy atom. The summed E-state index contributed by atoms with van der Waals surface area (Å²) >= 11 is 11.7. The summed E-state index contributed by atoms with van der Waals surface area (Å²) in [6, 6.07) is 5.57. The van der Waals surface area contributed by atoms with E-state index in [0.29, 0.717) is 16.5 Å². The molecule has 0 aliphatic rings. The Balaban J connectivity index is 2.18. The summed E-state index contributed by atoms with van der Waals surface area (Å²) in [4.78, 5) is 10.5. The van der Waals surface area contributed by atoms with E-state index < -0.39 is 0 Å². The van der Waals surface area contributed by atoms with Gasteiger partial charge in [-0.25, -0.2) is 0 Å². The zero-order chi connectivity index (χ0) is 12.7. The Morgan fingerprint density at radius 3 is 2.65 bits per heavy atom. The molecule has 17 heavy (non-hydrogen) atoms. The molecule has 0 aliphatic carbocycles. The molecule has 5 heteroatoms. The number of amides is 1. The van der Waals surface area contributed by atoms with E-state index in [2.05, 4.69) is 5.32 Å². The van der Waals surface area contributed by atoms with E-state index in [1.807, 2.05) is 12.1 Å². The number of halogens is 2. The number of benzene rings is 1. The highest BCUT2D eigenvalue weighted by molar-refractivity contribution is 6.42. The molecule has 1 amide bonds. The van der Waals surface area contributed by atoms with Crippen LogP contribution in [0.3, 0.4) is 0 Å². The number of hydrogen-bond donors (Lipinski definition) is 2. The Labute approximate surface area is 111 Å². The van der Waals surface area contributed by atoms with Gasteiger partial charge in [-0.05, 0) is 37.1 Å². The number of nitrogens with one attached hydrogen (secondary N) is 1. The van der Waals surface area contributed by atoms with Crippen molar-refractivity contribution in [2.75, 3.05) is 6.54 Å². The van der Waals surface area contributed by atoms with Gasteiger partial charge in [0.15, 0.2) is 0 Å². The normalized spacial score (nSPS) is 10.5. The van der Waals surface area contributed by atoms with Crippen LogP contribution in [0.25, 0.3) is 0 Å². The molecule has 0 fully saturated rings. The minimum absolute atomic E-state index is 0.241. The quantitative estimate of drug-likeness (QED) is 0.752. The number of nitrogens with two attached hydrogens (primary N) is 1. The lowest BCUT2D eigenvalue weighted by Gasteiger charge is -2.05. The van der Waals surface area contributed by atoms with Crippen LogP contribution in [0.2, 0.25) is 10.0 Å². The summed E-state index contributed by atoms with van der Waals surface area (Å²) < 4.78 is 0. The van der Waals surface area contributed by atoms with Crippen molar-refractivity contribution in [2.24, 2.45) is 5.73 Å². The molecule has 3 N–H and O–H groups in total. The minimum Gasteiger partial charge on any atom is -0.370 e. The first-order valence-electron chi connectivity index (χ1n) is 5.52. The molecule has 0 unspecified atom stereocenters. The summed E-state index contributed by atoms with van der Waals surface area (Å²) in [5, 5.41) is 4.40. The van der Waals surface area contributed by atoms with Crippen LogP contribution in [0.5, 0.6) is 0 Å². The SMILES string of the molecule is NC(=O)CCCCNCc1ccc(Cl)c(Cl)c1. The van der Waals surface area contributed by atoms with Gasteiger partial charge in [0.2, 0.25) is 5.91 Å².